The van der Waals surface area contributed by atoms with Gasteiger partial charge in [0.05, 0.1) is 5.56 Å². The van der Waals surface area contributed by atoms with E-state index in [1.807, 2.05) is 6.07 Å². The van der Waals surface area contributed by atoms with Crippen molar-refractivity contribution in [1.82, 2.24) is 15.1 Å². The maximum Gasteiger partial charge on any atom is 0.269 e. The molecule has 1 aliphatic rings. The van der Waals surface area contributed by atoms with Gasteiger partial charge in [-0.05, 0) is 37.7 Å². The standard InChI is InChI=1S/C19H24N4O/c1-3-4-5-6-14-7-9-15(10-8-14)18-22-19(24-23-18)16-11-12-17(20-2)21-13-16/h11-15H,3-10H2,1H3/t14-,15-. The average molecular weight is 324 g/mol. The predicted octanol–water partition coefficient (Wildman–Crippen LogP) is 5.54. The summed E-state index contributed by atoms with van der Waals surface area (Å²) in [6, 6.07) is 3.48. The van der Waals surface area contributed by atoms with E-state index in [2.05, 4.69) is 26.9 Å². The molecule has 1 saturated carbocycles. The molecule has 126 valence electrons. The van der Waals surface area contributed by atoms with E-state index in [-0.39, 0.29) is 0 Å². The third-order valence-corrected chi connectivity index (χ3v) is 4.98. The molecule has 0 unspecified atom stereocenters. The van der Waals surface area contributed by atoms with Crippen LogP contribution in [0.1, 0.15) is 70.0 Å². The van der Waals surface area contributed by atoms with Crippen molar-refractivity contribution in [2.75, 3.05) is 0 Å². The van der Waals surface area contributed by atoms with Crippen LogP contribution >= 0.6 is 0 Å². The summed E-state index contributed by atoms with van der Waals surface area (Å²) in [4.78, 5) is 11.9. The zero-order valence-corrected chi connectivity index (χ0v) is 14.2. The third kappa shape index (κ3) is 4.00. The summed E-state index contributed by atoms with van der Waals surface area (Å²) in [5.41, 5.74) is 0.773. The summed E-state index contributed by atoms with van der Waals surface area (Å²) in [5.74, 6) is 3.00. The molecule has 3 rings (SSSR count). The molecule has 2 aromatic rings. The molecule has 0 aliphatic heterocycles. The van der Waals surface area contributed by atoms with Gasteiger partial charge in [0.2, 0.25) is 0 Å². The summed E-state index contributed by atoms with van der Waals surface area (Å²) in [7, 11) is 0. The van der Waals surface area contributed by atoms with Crippen LogP contribution in [-0.4, -0.2) is 15.1 Å². The Morgan fingerprint density at radius 1 is 1.21 bits per heavy atom. The lowest BCUT2D eigenvalue weighted by Crippen LogP contribution is -2.14. The van der Waals surface area contributed by atoms with E-state index in [0.29, 0.717) is 17.6 Å². The molecule has 0 N–H and O–H groups in total. The fourth-order valence-corrected chi connectivity index (χ4v) is 3.49. The number of nitrogens with zero attached hydrogens (tertiary/aromatic N) is 4. The van der Waals surface area contributed by atoms with E-state index < -0.39 is 0 Å². The van der Waals surface area contributed by atoms with E-state index in [9.17, 15) is 0 Å². The van der Waals surface area contributed by atoms with Crippen LogP contribution in [0.4, 0.5) is 5.82 Å². The molecule has 0 spiro atoms. The van der Waals surface area contributed by atoms with E-state index in [1.165, 1.54) is 38.5 Å². The molecule has 0 aromatic carbocycles. The molecule has 24 heavy (non-hydrogen) atoms. The lowest BCUT2D eigenvalue weighted by molar-refractivity contribution is 0.292. The second-order valence-corrected chi connectivity index (χ2v) is 6.69. The molecule has 0 bridgehead atoms. The van der Waals surface area contributed by atoms with Gasteiger partial charge in [0.15, 0.2) is 5.82 Å². The van der Waals surface area contributed by atoms with Crippen LogP contribution < -0.4 is 0 Å². The lowest BCUT2D eigenvalue weighted by atomic mass is 9.79. The highest BCUT2D eigenvalue weighted by atomic mass is 16.5. The monoisotopic (exact) mass is 324 g/mol. The van der Waals surface area contributed by atoms with Crippen molar-refractivity contribution in [3.63, 3.8) is 0 Å². The normalized spacial score (nSPS) is 20.7. The van der Waals surface area contributed by atoms with Crippen molar-refractivity contribution in [2.24, 2.45) is 5.92 Å². The first-order valence-electron chi connectivity index (χ1n) is 8.97. The van der Waals surface area contributed by atoms with Crippen LogP contribution in [0.3, 0.4) is 0 Å². The second kappa shape index (κ2) is 8.05. The van der Waals surface area contributed by atoms with Gasteiger partial charge in [0, 0.05) is 5.92 Å². The van der Waals surface area contributed by atoms with E-state index >= 15 is 0 Å². The van der Waals surface area contributed by atoms with E-state index in [4.69, 9.17) is 11.1 Å². The molecular formula is C19H24N4O. The molecule has 1 aliphatic carbocycles. The molecule has 2 heterocycles. The quantitative estimate of drug-likeness (QED) is 0.517. The summed E-state index contributed by atoms with van der Waals surface area (Å²) in [6.45, 7) is 9.20. The van der Waals surface area contributed by atoms with Crippen molar-refractivity contribution in [3.8, 4) is 11.5 Å². The van der Waals surface area contributed by atoms with Gasteiger partial charge in [0.25, 0.3) is 11.7 Å². The largest absolute Gasteiger partial charge is 0.361 e. The fourth-order valence-electron chi connectivity index (χ4n) is 3.49. The summed E-state index contributed by atoms with van der Waals surface area (Å²) < 4.78 is 5.41. The smallest absolute Gasteiger partial charge is 0.269 e. The van der Waals surface area contributed by atoms with Gasteiger partial charge in [0.1, 0.15) is 6.20 Å². The molecular weight excluding hydrogens is 300 g/mol. The first kappa shape index (κ1) is 16.6. The first-order valence-corrected chi connectivity index (χ1v) is 8.97. The van der Waals surface area contributed by atoms with Crippen LogP contribution in [0.5, 0.6) is 0 Å². The van der Waals surface area contributed by atoms with Crippen LogP contribution in [0, 0.1) is 12.5 Å². The predicted molar refractivity (Wildman–Crippen MR) is 92.6 cm³/mol. The maximum atomic E-state index is 6.94. The van der Waals surface area contributed by atoms with Crippen LogP contribution in [0.25, 0.3) is 16.3 Å². The highest BCUT2D eigenvalue weighted by molar-refractivity contribution is 5.54. The zero-order chi connectivity index (χ0) is 16.8. The van der Waals surface area contributed by atoms with Crippen molar-refractivity contribution < 1.29 is 4.52 Å². The highest BCUT2D eigenvalue weighted by Gasteiger charge is 2.26. The Labute approximate surface area is 143 Å². The Bertz CT molecular complexity index is 678. The Kier molecular flexibility index (Phi) is 5.58. The van der Waals surface area contributed by atoms with Gasteiger partial charge in [-0.25, -0.2) is 0 Å². The van der Waals surface area contributed by atoms with Crippen molar-refractivity contribution >= 4 is 5.82 Å². The molecule has 0 saturated heterocycles. The molecule has 0 amide bonds. The minimum absolute atomic E-state index is 0.375. The minimum atomic E-state index is 0.375. The minimum Gasteiger partial charge on any atom is -0.361 e. The number of unbranched alkanes of at least 4 members (excludes halogenated alkanes) is 2. The van der Waals surface area contributed by atoms with Crippen molar-refractivity contribution in [2.45, 2.75) is 64.2 Å². The zero-order valence-electron chi connectivity index (χ0n) is 14.2. The van der Waals surface area contributed by atoms with E-state index in [1.54, 1.807) is 12.3 Å². The van der Waals surface area contributed by atoms with Gasteiger partial charge in [-0.15, -0.1) is 4.98 Å². The van der Waals surface area contributed by atoms with Gasteiger partial charge < -0.3 is 9.37 Å². The topological polar surface area (TPSA) is 56.2 Å². The van der Waals surface area contributed by atoms with Crippen LogP contribution in [0.15, 0.2) is 22.9 Å². The average Bonchev–Trinajstić information content (AvgIpc) is 3.13. The van der Waals surface area contributed by atoms with Crippen LogP contribution in [-0.2, 0) is 0 Å². The Morgan fingerprint density at radius 3 is 2.71 bits per heavy atom. The summed E-state index contributed by atoms with van der Waals surface area (Å²) >= 11 is 0. The summed E-state index contributed by atoms with van der Waals surface area (Å²) in [6.07, 6.45) is 11.9. The molecule has 5 nitrogen and oxygen atoms in total. The lowest BCUT2D eigenvalue weighted by Gasteiger charge is -2.26. The Hall–Kier alpha value is -2.22. The highest BCUT2D eigenvalue weighted by Crippen LogP contribution is 2.37. The maximum absolute atomic E-state index is 6.94. The van der Waals surface area contributed by atoms with Gasteiger partial charge >= 0.3 is 0 Å². The molecule has 2 aromatic heterocycles. The van der Waals surface area contributed by atoms with E-state index in [0.717, 1.165) is 30.1 Å². The fraction of sp³-hybridized carbons (Fsp3) is 0.579. The van der Waals surface area contributed by atoms with Crippen LogP contribution in [0.2, 0.25) is 0 Å². The number of rotatable bonds is 6. The molecule has 0 radical (unpaired) electrons. The first-order chi connectivity index (χ1) is 11.8. The second-order valence-electron chi connectivity index (χ2n) is 6.69. The number of hydrogen-bond acceptors (Lipinski definition) is 4. The summed E-state index contributed by atoms with van der Waals surface area (Å²) in [5, 5.41) is 4.18. The van der Waals surface area contributed by atoms with Gasteiger partial charge in [-0.2, -0.15) is 4.98 Å². The molecule has 0 atom stereocenters. The molecule has 1 fully saturated rings. The number of hydrogen-bond donors (Lipinski definition) is 0. The molecule has 5 heteroatoms. The number of pyridine rings is 1. The Morgan fingerprint density at radius 2 is 2.04 bits per heavy atom. The van der Waals surface area contributed by atoms with Crippen molar-refractivity contribution in [3.05, 3.63) is 35.6 Å². The van der Waals surface area contributed by atoms with Gasteiger partial charge in [-0.3, -0.25) is 0 Å². The third-order valence-electron chi connectivity index (χ3n) is 4.98. The Balaban J connectivity index is 1.57. The van der Waals surface area contributed by atoms with Gasteiger partial charge in [-0.1, -0.05) is 50.4 Å². The van der Waals surface area contributed by atoms with Crippen molar-refractivity contribution in [1.29, 1.82) is 0 Å². The number of aromatic nitrogens is 3. The SMILES string of the molecule is [C-]#[N+]c1ccc(-c2nc([C@H]3CC[C@H](CCCCC)CC3)no2)cn1.